The van der Waals surface area contributed by atoms with Gasteiger partial charge in [0, 0.05) is 76.0 Å². The zero-order valence-corrected chi connectivity index (χ0v) is 31.5. The molecule has 13 atom stereocenters. The number of ether oxygens (including phenoxy) is 8. The molecule has 12 heteroatoms. The van der Waals surface area contributed by atoms with E-state index in [-0.39, 0.29) is 36.8 Å². The predicted molar refractivity (Wildman–Crippen MR) is 191 cm³/mol. The third kappa shape index (κ3) is 4.75. The third-order valence-corrected chi connectivity index (χ3v) is 14.1. The second-order valence-electron chi connectivity index (χ2n) is 15.8. The molecule has 1 saturated heterocycles. The van der Waals surface area contributed by atoms with Crippen LogP contribution in [0.2, 0.25) is 0 Å². The monoisotopic (exact) mass is 733 g/mol. The summed E-state index contributed by atoms with van der Waals surface area (Å²) in [5.41, 5.74) is -3.34. The van der Waals surface area contributed by atoms with Gasteiger partial charge in [-0.15, -0.1) is 0 Å². The van der Waals surface area contributed by atoms with Gasteiger partial charge in [0.2, 0.25) is 0 Å². The number of piperidine rings is 1. The molecule has 6 aliphatic rings. The van der Waals surface area contributed by atoms with Crippen molar-refractivity contribution in [2.24, 2.45) is 34.5 Å². The molecule has 2 aromatic rings. The van der Waals surface area contributed by atoms with Crippen LogP contribution >= 0.6 is 0 Å². The molecule has 0 aromatic heterocycles. The molecule has 1 heterocycles. The zero-order valence-electron chi connectivity index (χ0n) is 31.5. The molecule has 5 aliphatic carbocycles. The Bertz CT molecular complexity index is 1750. The number of benzene rings is 2. The number of rotatable bonds is 12. The second kappa shape index (κ2) is 13.1. The summed E-state index contributed by atoms with van der Waals surface area (Å²) in [6, 6.07) is 13.3. The second-order valence-corrected chi connectivity index (χ2v) is 15.8. The first kappa shape index (κ1) is 36.5. The molecule has 0 amide bonds. The lowest BCUT2D eigenvalue weighted by molar-refractivity contribution is -0.268. The van der Waals surface area contributed by atoms with Gasteiger partial charge in [-0.1, -0.05) is 19.1 Å². The van der Waals surface area contributed by atoms with E-state index in [4.69, 9.17) is 37.9 Å². The summed E-state index contributed by atoms with van der Waals surface area (Å²) in [5, 5.41) is 13.0. The Labute approximate surface area is 310 Å². The average molecular weight is 734 g/mol. The topological polar surface area (TPSA) is 131 Å². The van der Waals surface area contributed by atoms with Gasteiger partial charge in [0.05, 0.1) is 50.3 Å². The molecule has 286 valence electrons. The number of nitrogens with zero attached hydrogens (tertiary/aromatic N) is 1. The van der Waals surface area contributed by atoms with E-state index in [1.807, 2.05) is 0 Å². The maximum absolute atomic E-state index is 14.6. The number of hydrogen-bond donors (Lipinski definition) is 1. The van der Waals surface area contributed by atoms with Crippen LogP contribution in [0.15, 0.2) is 60.7 Å². The fraction of sp³-hybridized carbons (Fsp3) is 0.610. The Morgan fingerprint density at radius 2 is 1.47 bits per heavy atom. The molecule has 12 nitrogen and oxygen atoms in total. The lowest BCUT2D eigenvalue weighted by Crippen LogP contribution is -2.77. The number of likely N-dealkylation sites (tertiary alicyclic amines) is 1. The first-order valence-electron chi connectivity index (χ1n) is 18.5. The molecule has 1 N–H and O–H groups in total. The van der Waals surface area contributed by atoms with Crippen LogP contribution in [0.25, 0.3) is 0 Å². The van der Waals surface area contributed by atoms with E-state index in [2.05, 4.69) is 24.0 Å². The van der Waals surface area contributed by atoms with Gasteiger partial charge in [-0.2, -0.15) is 0 Å². The minimum Gasteiger partial charge on any atom is -0.497 e. The van der Waals surface area contributed by atoms with Crippen LogP contribution in [0.5, 0.6) is 11.5 Å². The van der Waals surface area contributed by atoms with Crippen molar-refractivity contribution in [2.75, 3.05) is 62.4 Å². The average Bonchev–Trinajstić information content (AvgIpc) is 3.56. The van der Waals surface area contributed by atoms with Crippen molar-refractivity contribution in [3.63, 3.8) is 0 Å². The number of hydrogen-bond acceptors (Lipinski definition) is 12. The molecule has 4 saturated carbocycles. The Kier molecular flexibility index (Phi) is 8.98. The van der Waals surface area contributed by atoms with Crippen molar-refractivity contribution in [1.29, 1.82) is 0 Å². The van der Waals surface area contributed by atoms with Crippen molar-refractivity contribution < 1.29 is 52.6 Å². The van der Waals surface area contributed by atoms with Crippen molar-refractivity contribution in [2.45, 2.75) is 61.4 Å². The maximum atomic E-state index is 14.6. The molecule has 5 fully saturated rings. The summed E-state index contributed by atoms with van der Waals surface area (Å²) in [5.74, 6) is -1.45. The minimum atomic E-state index is -1.60. The van der Waals surface area contributed by atoms with Gasteiger partial charge in [0.1, 0.15) is 28.8 Å². The van der Waals surface area contributed by atoms with Crippen molar-refractivity contribution in [1.82, 2.24) is 4.90 Å². The normalized spacial score (nSPS) is 41.5. The number of methoxy groups -OCH3 is 6. The fourth-order valence-electron chi connectivity index (χ4n) is 12.6. The molecule has 1 aliphatic heterocycles. The highest BCUT2D eigenvalue weighted by Gasteiger charge is 2.89. The van der Waals surface area contributed by atoms with E-state index >= 15 is 0 Å². The maximum Gasteiger partial charge on any atom is 0.338 e. The lowest BCUT2D eigenvalue weighted by Gasteiger charge is -2.67. The highest BCUT2D eigenvalue weighted by Crippen LogP contribution is 2.80. The molecular weight excluding hydrogens is 682 g/mol. The van der Waals surface area contributed by atoms with Crippen LogP contribution in [-0.2, 0) is 28.4 Å². The number of aliphatic hydroxyl groups is 1. The summed E-state index contributed by atoms with van der Waals surface area (Å²) >= 11 is 0. The summed E-state index contributed by atoms with van der Waals surface area (Å²) < 4.78 is 49.7. The van der Waals surface area contributed by atoms with Crippen molar-refractivity contribution in [3.05, 3.63) is 71.8 Å². The van der Waals surface area contributed by atoms with Crippen molar-refractivity contribution >= 4 is 11.9 Å². The summed E-state index contributed by atoms with van der Waals surface area (Å²) in [6.07, 6.45) is 2.13. The quantitative estimate of drug-likeness (QED) is 0.252. The van der Waals surface area contributed by atoms with Crippen LogP contribution in [0.1, 0.15) is 40.5 Å². The molecule has 53 heavy (non-hydrogen) atoms. The molecule has 0 radical (unpaired) electrons. The highest BCUT2D eigenvalue weighted by atomic mass is 16.6. The Morgan fingerprint density at radius 1 is 0.830 bits per heavy atom. The van der Waals surface area contributed by atoms with Crippen LogP contribution in [0, 0.1) is 34.5 Å². The Balaban J connectivity index is 1.36. The van der Waals surface area contributed by atoms with Crippen LogP contribution in [-0.4, -0.2) is 126 Å². The van der Waals surface area contributed by atoms with Gasteiger partial charge in [0.25, 0.3) is 0 Å². The van der Waals surface area contributed by atoms with Crippen LogP contribution in [0.4, 0.5) is 0 Å². The van der Waals surface area contributed by atoms with E-state index < -0.39 is 64.1 Å². The zero-order chi connectivity index (χ0) is 37.5. The van der Waals surface area contributed by atoms with Gasteiger partial charge in [-0.05, 0) is 67.4 Å². The molecule has 8 rings (SSSR count). The molecule has 1 spiro atoms. The molecule has 7 bridgehead atoms. The van der Waals surface area contributed by atoms with E-state index in [0.29, 0.717) is 35.8 Å². The van der Waals surface area contributed by atoms with Gasteiger partial charge in [-0.3, -0.25) is 4.90 Å². The third-order valence-electron chi connectivity index (χ3n) is 14.1. The number of carbonyl (C=O) groups excluding carboxylic acids is 2. The number of esters is 2. The minimum absolute atomic E-state index is 0.138. The van der Waals surface area contributed by atoms with E-state index in [0.717, 1.165) is 6.54 Å². The summed E-state index contributed by atoms with van der Waals surface area (Å²) in [4.78, 5) is 31.2. The fourth-order valence-corrected chi connectivity index (χ4v) is 12.6. The van der Waals surface area contributed by atoms with Gasteiger partial charge in [0.15, 0.2) is 0 Å². The summed E-state index contributed by atoms with van der Waals surface area (Å²) in [6.45, 7) is 4.03. The Hall–Kier alpha value is -3.52. The highest BCUT2D eigenvalue weighted by molar-refractivity contribution is 5.90. The van der Waals surface area contributed by atoms with Crippen molar-refractivity contribution in [3.8, 4) is 11.5 Å². The molecule has 2 aromatic carbocycles. The van der Waals surface area contributed by atoms with Crippen LogP contribution in [0.3, 0.4) is 0 Å². The predicted octanol–water partition coefficient (Wildman–Crippen LogP) is 3.79. The van der Waals surface area contributed by atoms with Gasteiger partial charge < -0.3 is 43.0 Å². The first-order valence-corrected chi connectivity index (χ1v) is 18.5. The largest absolute Gasteiger partial charge is 0.497 e. The van der Waals surface area contributed by atoms with E-state index in [9.17, 15) is 14.7 Å². The standard InChI is InChI=1S/C41H51NO11/c1-8-42-21-38(22-46-2)18-17-28(49-5)41-27-19-39(45)29(50-6)20-40(31(34(41)42)32(51-7)33(38)41,53-37(44)24-11-15-26(48-4)16-12-24)30(27)35(39)52-36(43)23-9-13-25(47-3)14-10-23/h9-18,27-35,45H,8,19-22H2,1-7H3/t27?,28?,29-,30?,31?,32?,33?,34?,35?,38?,39-,40+,41?/m0/s1. The van der Waals surface area contributed by atoms with E-state index in [1.54, 1.807) is 91.2 Å². The first-order chi connectivity index (χ1) is 25.6. The number of fused-ring (bicyclic) bond motifs is 2. The lowest BCUT2D eigenvalue weighted by atomic mass is 9.44. The van der Waals surface area contributed by atoms with Crippen LogP contribution < -0.4 is 9.47 Å². The van der Waals surface area contributed by atoms with Gasteiger partial charge >= 0.3 is 11.9 Å². The molecule has 10 unspecified atom stereocenters. The summed E-state index contributed by atoms with van der Waals surface area (Å²) in [7, 11) is 9.88. The number of carbonyl (C=O) groups is 2. The van der Waals surface area contributed by atoms with E-state index in [1.165, 1.54) is 0 Å². The SMILES string of the molecule is CCN1CC2(COC)C=CC(OC)C34C5C[C@@]6(O)C(OC(=O)c7ccc(OC)cc7)C5[C@](OC(=O)c5ccc(OC)cc5)(C[C@@H]6OC)C(C(OC)C23)C14. The van der Waals surface area contributed by atoms with Gasteiger partial charge in [-0.25, -0.2) is 9.59 Å². The Morgan fingerprint density at radius 3 is 2.02 bits per heavy atom. The molecular formula is C41H51NO11. The smallest absolute Gasteiger partial charge is 0.338 e.